The molecule has 2 atom stereocenters. The van der Waals surface area contributed by atoms with E-state index in [0.29, 0.717) is 6.61 Å². The molecule has 0 aliphatic carbocycles. The van der Waals surface area contributed by atoms with Gasteiger partial charge < -0.3 is 9.47 Å². The molecule has 0 aliphatic heterocycles. The number of esters is 2. The number of carbonyl (C=O) groups excluding carboxylic acids is 2. The summed E-state index contributed by atoms with van der Waals surface area (Å²) in [5.74, 6) is -1.37. The van der Waals surface area contributed by atoms with Gasteiger partial charge in [0.25, 0.3) is 0 Å². The van der Waals surface area contributed by atoms with Crippen molar-refractivity contribution >= 4 is 23.7 Å². The zero-order valence-electron chi connectivity index (χ0n) is 11.3. The maximum absolute atomic E-state index is 12.0. The largest absolute Gasteiger partial charge is 0.469 e. The van der Waals surface area contributed by atoms with E-state index in [-0.39, 0.29) is 0 Å². The first kappa shape index (κ1) is 15.6. The molecule has 0 N–H and O–H groups in total. The molecule has 4 nitrogen and oxygen atoms in total. The van der Waals surface area contributed by atoms with Gasteiger partial charge in [0.15, 0.2) is 0 Å². The molecule has 0 heterocycles. The summed E-state index contributed by atoms with van der Waals surface area (Å²) in [5, 5.41) is -0.602. The van der Waals surface area contributed by atoms with E-state index in [1.807, 2.05) is 30.3 Å². The van der Waals surface area contributed by atoms with Gasteiger partial charge in [-0.1, -0.05) is 25.1 Å². The van der Waals surface area contributed by atoms with Crippen molar-refractivity contribution in [3.05, 3.63) is 30.3 Å². The summed E-state index contributed by atoms with van der Waals surface area (Å²) in [6.07, 6.45) is 0. The number of ether oxygens (including phenoxy) is 2. The van der Waals surface area contributed by atoms with Crippen LogP contribution >= 0.6 is 11.8 Å². The Hall–Kier alpha value is -1.49. The van der Waals surface area contributed by atoms with Crippen LogP contribution in [-0.4, -0.2) is 30.9 Å². The van der Waals surface area contributed by atoms with E-state index in [1.54, 1.807) is 13.8 Å². The SMILES string of the molecule is CCOC(=O)[C@H](Sc1ccccc1)[C@@H](C)C(=O)OC. The van der Waals surface area contributed by atoms with Crippen LogP contribution in [0.25, 0.3) is 0 Å². The smallest absolute Gasteiger partial charge is 0.320 e. The molecule has 0 unspecified atom stereocenters. The fourth-order valence-electron chi connectivity index (χ4n) is 1.53. The van der Waals surface area contributed by atoms with Crippen LogP contribution in [0.15, 0.2) is 35.2 Å². The molecular formula is C14H18O4S. The molecule has 0 aliphatic rings. The summed E-state index contributed by atoms with van der Waals surface area (Å²) >= 11 is 1.31. The van der Waals surface area contributed by atoms with E-state index in [0.717, 1.165) is 4.90 Å². The molecule has 0 saturated carbocycles. The van der Waals surface area contributed by atoms with Crippen molar-refractivity contribution < 1.29 is 19.1 Å². The second kappa shape index (κ2) is 7.84. The number of benzene rings is 1. The minimum atomic E-state index is -0.602. The number of rotatable bonds is 6. The molecule has 1 aromatic carbocycles. The first-order valence-electron chi connectivity index (χ1n) is 6.06. The predicted octanol–water partition coefficient (Wildman–Crippen LogP) is 2.52. The Morgan fingerprint density at radius 3 is 2.37 bits per heavy atom. The topological polar surface area (TPSA) is 52.6 Å². The summed E-state index contributed by atoms with van der Waals surface area (Å²) < 4.78 is 9.72. The minimum absolute atomic E-state index is 0.290. The Kier molecular flexibility index (Phi) is 6.42. The fourth-order valence-corrected chi connectivity index (χ4v) is 2.62. The lowest BCUT2D eigenvalue weighted by molar-refractivity contribution is -0.151. The first-order chi connectivity index (χ1) is 9.10. The van der Waals surface area contributed by atoms with Crippen molar-refractivity contribution in [2.45, 2.75) is 24.0 Å². The summed E-state index contributed by atoms with van der Waals surface area (Å²) in [4.78, 5) is 24.5. The molecule has 5 heteroatoms. The second-order valence-electron chi connectivity index (χ2n) is 3.92. The normalized spacial score (nSPS) is 13.4. The van der Waals surface area contributed by atoms with Gasteiger partial charge in [-0.05, 0) is 19.1 Å². The van der Waals surface area contributed by atoms with Crippen LogP contribution < -0.4 is 0 Å². The molecule has 1 aromatic rings. The molecule has 19 heavy (non-hydrogen) atoms. The van der Waals surface area contributed by atoms with E-state index in [9.17, 15) is 9.59 Å². The van der Waals surface area contributed by atoms with Crippen molar-refractivity contribution in [1.29, 1.82) is 0 Å². The Morgan fingerprint density at radius 1 is 1.21 bits per heavy atom. The Balaban J connectivity index is 2.86. The highest BCUT2D eigenvalue weighted by atomic mass is 32.2. The van der Waals surface area contributed by atoms with Gasteiger partial charge >= 0.3 is 11.9 Å². The van der Waals surface area contributed by atoms with Crippen LogP contribution in [0.3, 0.4) is 0 Å². The van der Waals surface area contributed by atoms with Crippen molar-refractivity contribution in [3.63, 3.8) is 0 Å². The lowest BCUT2D eigenvalue weighted by Gasteiger charge is -2.20. The predicted molar refractivity (Wildman–Crippen MR) is 73.9 cm³/mol. The zero-order chi connectivity index (χ0) is 14.3. The standard InChI is InChI=1S/C14H18O4S/c1-4-18-14(16)12(10(2)13(15)17-3)19-11-8-6-5-7-9-11/h5-10,12H,4H2,1-3H3/t10-,12-/m1/s1. The van der Waals surface area contributed by atoms with Crippen molar-refractivity contribution in [2.24, 2.45) is 5.92 Å². The van der Waals surface area contributed by atoms with Gasteiger partial charge in [-0.2, -0.15) is 0 Å². The lowest BCUT2D eigenvalue weighted by atomic mass is 10.1. The Labute approximate surface area is 117 Å². The average Bonchev–Trinajstić information content (AvgIpc) is 2.44. The monoisotopic (exact) mass is 282 g/mol. The third-order valence-electron chi connectivity index (χ3n) is 2.55. The molecule has 104 valence electrons. The third kappa shape index (κ3) is 4.59. The van der Waals surface area contributed by atoms with Crippen LogP contribution in [0.2, 0.25) is 0 Å². The zero-order valence-corrected chi connectivity index (χ0v) is 12.1. The highest BCUT2D eigenvalue weighted by molar-refractivity contribution is 8.00. The number of carbonyl (C=O) groups is 2. The van der Waals surface area contributed by atoms with Gasteiger partial charge in [-0.3, -0.25) is 9.59 Å². The summed E-state index contributed by atoms with van der Waals surface area (Å²) in [7, 11) is 1.31. The Bertz CT molecular complexity index is 419. The van der Waals surface area contributed by atoms with Crippen LogP contribution in [0.4, 0.5) is 0 Å². The van der Waals surface area contributed by atoms with Crippen molar-refractivity contribution in [3.8, 4) is 0 Å². The molecule has 0 fully saturated rings. The van der Waals surface area contributed by atoms with E-state index < -0.39 is 23.1 Å². The van der Waals surface area contributed by atoms with E-state index >= 15 is 0 Å². The fraction of sp³-hybridized carbons (Fsp3) is 0.429. The lowest BCUT2D eigenvalue weighted by Crippen LogP contribution is -2.32. The molecule has 0 spiro atoms. The maximum Gasteiger partial charge on any atom is 0.320 e. The van der Waals surface area contributed by atoms with E-state index in [4.69, 9.17) is 9.47 Å². The molecule has 1 rings (SSSR count). The van der Waals surface area contributed by atoms with E-state index in [1.165, 1.54) is 18.9 Å². The second-order valence-corrected chi connectivity index (χ2v) is 5.13. The number of hydrogen-bond acceptors (Lipinski definition) is 5. The quantitative estimate of drug-likeness (QED) is 0.593. The van der Waals surface area contributed by atoms with Crippen LogP contribution in [0.5, 0.6) is 0 Å². The van der Waals surface area contributed by atoms with Gasteiger partial charge in [-0.15, -0.1) is 11.8 Å². The van der Waals surface area contributed by atoms with Crippen LogP contribution in [-0.2, 0) is 19.1 Å². The van der Waals surface area contributed by atoms with Crippen molar-refractivity contribution in [1.82, 2.24) is 0 Å². The molecule has 0 saturated heterocycles. The van der Waals surface area contributed by atoms with Gasteiger partial charge in [-0.25, -0.2) is 0 Å². The first-order valence-corrected chi connectivity index (χ1v) is 6.94. The summed E-state index contributed by atoms with van der Waals surface area (Å²) in [6, 6.07) is 9.44. The molecule has 0 bridgehead atoms. The highest BCUT2D eigenvalue weighted by Gasteiger charge is 2.33. The van der Waals surface area contributed by atoms with Crippen LogP contribution in [0, 0.1) is 5.92 Å². The summed E-state index contributed by atoms with van der Waals surface area (Å²) in [5.41, 5.74) is 0. The van der Waals surface area contributed by atoms with Gasteiger partial charge in [0.1, 0.15) is 5.25 Å². The van der Waals surface area contributed by atoms with E-state index in [2.05, 4.69) is 0 Å². The number of methoxy groups -OCH3 is 1. The number of hydrogen-bond donors (Lipinski definition) is 0. The van der Waals surface area contributed by atoms with Gasteiger partial charge in [0, 0.05) is 4.90 Å². The molecule has 0 aromatic heterocycles. The highest BCUT2D eigenvalue weighted by Crippen LogP contribution is 2.29. The molecular weight excluding hydrogens is 264 g/mol. The van der Waals surface area contributed by atoms with Crippen molar-refractivity contribution in [2.75, 3.05) is 13.7 Å². The van der Waals surface area contributed by atoms with Gasteiger partial charge in [0.05, 0.1) is 19.6 Å². The maximum atomic E-state index is 12.0. The third-order valence-corrected chi connectivity index (χ3v) is 3.95. The Morgan fingerprint density at radius 2 is 1.84 bits per heavy atom. The minimum Gasteiger partial charge on any atom is -0.469 e. The molecule has 0 amide bonds. The molecule has 0 radical (unpaired) electrons. The average molecular weight is 282 g/mol. The van der Waals surface area contributed by atoms with Crippen LogP contribution in [0.1, 0.15) is 13.8 Å². The number of thioether (sulfide) groups is 1. The van der Waals surface area contributed by atoms with Gasteiger partial charge in [0.2, 0.25) is 0 Å². The summed E-state index contributed by atoms with van der Waals surface area (Å²) in [6.45, 7) is 3.70.